The van der Waals surface area contributed by atoms with E-state index < -0.39 is 18.1 Å². The number of hydrogen-bond acceptors (Lipinski definition) is 1. The summed E-state index contributed by atoms with van der Waals surface area (Å²) in [6, 6.07) is 44.1. The first-order valence-electron chi connectivity index (χ1n) is 22.4. The molecule has 0 unspecified atom stereocenters. The molecule has 1 heteroatoms. The minimum absolute atomic E-state index is 0.00518. The predicted molar refractivity (Wildman–Crippen MR) is 235 cm³/mol. The lowest BCUT2D eigenvalue weighted by atomic mass is 9.84. The van der Waals surface area contributed by atoms with Crippen LogP contribution in [0, 0.1) is 0 Å². The molecule has 0 aliphatic carbocycles. The van der Waals surface area contributed by atoms with Gasteiger partial charge in [-0.25, -0.2) is 0 Å². The highest BCUT2D eigenvalue weighted by Gasteiger charge is 2.19. The van der Waals surface area contributed by atoms with Gasteiger partial charge in [-0.05, 0) is 128 Å². The zero-order chi connectivity index (χ0) is 42.7. The molecule has 0 bridgehead atoms. The molecule has 1 aromatic heterocycles. The molecule has 13 aromatic rings. The van der Waals surface area contributed by atoms with Crippen molar-refractivity contribution in [3.63, 3.8) is 0 Å². The van der Waals surface area contributed by atoms with Gasteiger partial charge in [0.1, 0.15) is 11.2 Å². The second-order valence-electron chi connectivity index (χ2n) is 14.6. The van der Waals surface area contributed by atoms with Gasteiger partial charge in [0.05, 0.1) is 11.0 Å². The second kappa shape index (κ2) is 10.7. The molecule has 0 saturated heterocycles. The summed E-state index contributed by atoms with van der Waals surface area (Å²) in [7, 11) is 0. The van der Waals surface area contributed by atoms with Crippen molar-refractivity contribution in [1.82, 2.24) is 0 Å². The Morgan fingerprint density at radius 1 is 0.327 bits per heavy atom. The van der Waals surface area contributed by atoms with Crippen LogP contribution in [0.3, 0.4) is 0 Å². The molecule has 252 valence electrons. The lowest BCUT2D eigenvalue weighted by Crippen LogP contribution is -1.92. The fraction of sp³-hybridized carbons (Fsp3) is 0. The van der Waals surface area contributed by atoms with Crippen molar-refractivity contribution >= 4 is 97.3 Å². The summed E-state index contributed by atoms with van der Waals surface area (Å²) < 4.78 is 77.5. The number of furan rings is 1. The van der Waals surface area contributed by atoms with E-state index >= 15 is 0 Å². The third kappa shape index (κ3) is 4.02. The number of rotatable bonds is 3. The summed E-state index contributed by atoms with van der Waals surface area (Å²) in [6.45, 7) is 0. The van der Waals surface area contributed by atoms with E-state index in [1.54, 1.807) is 6.07 Å². The van der Waals surface area contributed by atoms with E-state index in [4.69, 9.17) is 11.3 Å². The minimum atomic E-state index is -0.502. The van der Waals surface area contributed by atoms with Crippen molar-refractivity contribution in [1.29, 1.82) is 0 Å². The van der Waals surface area contributed by atoms with E-state index in [2.05, 4.69) is 121 Å². The maximum Gasteiger partial charge on any atom is 0.143 e. The van der Waals surface area contributed by atoms with Crippen molar-refractivity contribution in [2.45, 2.75) is 0 Å². The first kappa shape index (κ1) is 22.8. The van der Waals surface area contributed by atoms with Crippen LogP contribution in [-0.2, 0) is 0 Å². The van der Waals surface area contributed by atoms with E-state index in [0.29, 0.717) is 16.5 Å². The molecule has 1 nitrogen and oxygen atoms in total. The lowest BCUT2D eigenvalue weighted by Gasteiger charge is -2.19. The molecule has 0 N–H and O–H groups in total. The summed E-state index contributed by atoms with van der Waals surface area (Å²) in [5.74, 6) is 0. The van der Waals surface area contributed by atoms with Crippen LogP contribution in [0.4, 0.5) is 0 Å². The molecule has 0 aliphatic rings. The first-order chi connectivity index (χ1) is 30.6. The zero-order valence-electron chi connectivity index (χ0n) is 37.1. The fourth-order valence-electron chi connectivity index (χ4n) is 9.25. The van der Waals surface area contributed by atoms with Gasteiger partial charge < -0.3 is 4.42 Å². The quantitative estimate of drug-likeness (QED) is 0.167. The maximum atomic E-state index is 9.57. The van der Waals surface area contributed by atoms with Crippen LogP contribution < -0.4 is 0 Å². The van der Waals surface area contributed by atoms with Crippen molar-refractivity contribution in [3.8, 4) is 33.4 Å². The van der Waals surface area contributed by atoms with Gasteiger partial charge in [0.15, 0.2) is 0 Å². The lowest BCUT2D eigenvalue weighted by molar-refractivity contribution is 0.672. The van der Waals surface area contributed by atoms with E-state index in [1.165, 1.54) is 26.9 Å². The summed E-state index contributed by atoms with van der Waals surface area (Å²) in [6.07, 6.45) is 0. The van der Waals surface area contributed by atoms with Crippen molar-refractivity contribution in [2.24, 2.45) is 0 Å². The van der Waals surface area contributed by atoms with E-state index in [-0.39, 0.29) is 57.5 Å². The molecule has 55 heavy (non-hydrogen) atoms. The average Bonchev–Trinajstić information content (AvgIpc) is 3.70. The number of fused-ring (bicyclic) bond motifs is 5. The van der Waals surface area contributed by atoms with Crippen LogP contribution in [0.25, 0.3) is 131 Å². The number of benzene rings is 12. The van der Waals surface area contributed by atoms with Gasteiger partial charge in [-0.2, -0.15) is 0 Å². The van der Waals surface area contributed by atoms with Crippen LogP contribution in [-0.4, -0.2) is 0 Å². The highest BCUT2D eigenvalue weighted by molar-refractivity contribution is 6.27. The molecule has 0 radical (unpaired) electrons. The molecule has 0 saturated carbocycles. The Kier molecular flexibility index (Phi) is 4.42. The second-order valence-corrected chi connectivity index (χ2v) is 14.6. The van der Waals surface area contributed by atoms with Gasteiger partial charge >= 0.3 is 0 Å². The van der Waals surface area contributed by atoms with Crippen LogP contribution >= 0.6 is 0 Å². The number of hydrogen-bond donors (Lipinski definition) is 0. The highest BCUT2D eigenvalue weighted by atomic mass is 16.3. The fourth-order valence-corrected chi connectivity index (χ4v) is 9.25. The van der Waals surface area contributed by atoms with Crippen LogP contribution in [0.1, 0.15) is 11.0 Å². The van der Waals surface area contributed by atoms with Crippen molar-refractivity contribution < 1.29 is 15.4 Å². The third-order valence-electron chi connectivity index (χ3n) is 11.7. The van der Waals surface area contributed by atoms with Gasteiger partial charge in [-0.15, -0.1) is 0 Å². The van der Waals surface area contributed by atoms with Gasteiger partial charge in [-0.3, -0.25) is 0 Å². The molecule has 13 rings (SSSR count). The molecule has 12 aromatic carbocycles. The maximum absolute atomic E-state index is 9.57. The van der Waals surface area contributed by atoms with Gasteiger partial charge in [0.2, 0.25) is 0 Å². The van der Waals surface area contributed by atoms with Crippen molar-refractivity contribution in [3.05, 3.63) is 182 Å². The van der Waals surface area contributed by atoms with Crippen LogP contribution in [0.2, 0.25) is 0 Å². The Morgan fingerprint density at radius 2 is 0.909 bits per heavy atom. The molecular weight excluding hydrogens is 665 g/mol. The predicted octanol–water partition coefficient (Wildman–Crippen LogP) is 15.5. The summed E-state index contributed by atoms with van der Waals surface area (Å²) in [5.41, 5.74) is 4.99. The summed E-state index contributed by atoms with van der Waals surface area (Å²) >= 11 is 0. The van der Waals surface area contributed by atoms with Gasteiger partial charge in [0.25, 0.3) is 0 Å². The monoisotopic (exact) mass is 702 g/mol. The zero-order valence-corrected chi connectivity index (χ0v) is 29.1. The Morgan fingerprint density at radius 3 is 1.62 bits per heavy atom. The largest absolute Gasteiger partial charge is 0.455 e. The Bertz CT molecular complexity index is 4160. The molecule has 0 fully saturated rings. The first-order valence-corrected chi connectivity index (χ1v) is 18.4. The van der Waals surface area contributed by atoms with E-state index in [9.17, 15) is 4.11 Å². The molecular formula is C54H30O. The third-order valence-corrected chi connectivity index (χ3v) is 11.7. The minimum Gasteiger partial charge on any atom is -0.455 e. The van der Waals surface area contributed by atoms with Crippen LogP contribution in [0.5, 0.6) is 0 Å². The standard InChI is InChI=1S/C54H30O/c1-2-10-42-31(5-1)15-27-46-48-30-39(21-28-49(48)55-54(42)46)41-23-20-38(40-22-16-36-13-11-32-6-3-8-34-18-25-44(40)52(36)50(32)34)29-47(41)43-24-17-37-14-12-33-7-4-9-35-19-26-45(43)53(37)51(33)35/h1-30H/i1D,2D,5D,10D,15D,21D,27D,28D. The summed E-state index contributed by atoms with van der Waals surface area (Å²) in [4.78, 5) is 0. The Labute approximate surface area is 327 Å². The smallest absolute Gasteiger partial charge is 0.143 e. The average molecular weight is 703 g/mol. The highest BCUT2D eigenvalue weighted by Crippen LogP contribution is 2.46. The summed E-state index contributed by atoms with van der Waals surface area (Å²) in [5, 5.41) is 14.2. The molecule has 0 atom stereocenters. The van der Waals surface area contributed by atoms with Crippen LogP contribution in [0.15, 0.2) is 186 Å². The molecule has 0 aliphatic heterocycles. The SMILES string of the molecule is [2H]c1c(-c2ccc(-c3ccc4ccc5cccc6ccc3c4c56)cc2-c2ccc3ccc4cccc5ccc2c3c45)cc2c(oc3c4c([2H])c([2H])c([2H])c([2H])c4c([2H])c([2H])c23)c1[2H]. The Balaban J connectivity index is 1.14. The Hall–Kier alpha value is -7.22. The molecule has 0 amide bonds. The van der Waals surface area contributed by atoms with E-state index in [0.717, 1.165) is 60.0 Å². The topological polar surface area (TPSA) is 13.1 Å². The molecule has 0 spiro atoms. The van der Waals surface area contributed by atoms with Gasteiger partial charge in [0, 0.05) is 16.2 Å². The normalized spacial score (nSPS) is 14.4. The van der Waals surface area contributed by atoms with E-state index in [1.807, 2.05) is 6.07 Å². The molecule has 1 heterocycles. The van der Waals surface area contributed by atoms with Gasteiger partial charge in [-0.1, -0.05) is 158 Å². The van der Waals surface area contributed by atoms with Crippen molar-refractivity contribution in [2.75, 3.05) is 0 Å².